The van der Waals surface area contributed by atoms with Crippen LogP contribution in [0, 0.1) is 25.2 Å². The Kier molecular flexibility index (Phi) is 4.32. The van der Waals surface area contributed by atoms with Gasteiger partial charge in [0.25, 0.3) is 0 Å². The Morgan fingerprint density at radius 2 is 2.00 bits per heavy atom. The quantitative estimate of drug-likeness (QED) is 0.636. The number of aryl methyl sites for hydroxylation is 1. The zero-order valence-corrected chi connectivity index (χ0v) is 12.8. The van der Waals surface area contributed by atoms with Crippen LogP contribution in [0.15, 0.2) is 18.2 Å². The largest absolute Gasteiger partial charge is 0.271 e. The molecule has 1 aromatic carbocycles. The van der Waals surface area contributed by atoms with E-state index in [4.69, 9.17) is 5.84 Å². The number of rotatable bonds is 3. The smallest absolute Gasteiger partial charge is 0.0495 e. The van der Waals surface area contributed by atoms with E-state index in [1.165, 1.54) is 42.4 Å². The average Bonchev–Trinajstić information content (AvgIpc) is 2.37. The molecule has 106 valence electrons. The van der Waals surface area contributed by atoms with Gasteiger partial charge in [-0.2, -0.15) is 0 Å². The van der Waals surface area contributed by atoms with Crippen LogP contribution in [0.3, 0.4) is 0 Å². The van der Waals surface area contributed by atoms with Crippen molar-refractivity contribution in [3.05, 3.63) is 34.9 Å². The molecule has 0 heterocycles. The molecule has 1 aliphatic rings. The number of hydrogen-bond donors (Lipinski definition) is 2. The van der Waals surface area contributed by atoms with Gasteiger partial charge >= 0.3 is 0 Å². The highest BCUT2D eigenvalue weighted by Crippen LogP contribution is 2.47. The van der Waals surface area contributed by atoms with Gasteiger partial charge in [-0.3, -0.25) is 11.3 Å². The maximum atomic E-state index is 5.93. The van der Waals surface area contributed by atoms with E-state index in [2.05, 4.69) is 51.3 Å². The van der Waals surface area contributed by atoms with Gasteiger partial charge < -0.3 is 0 Å². The van der Waals surface area contributed by atoms with Crippen molar-refractivity contribution >= 4 is 0 Å². The molecule has 1 aliphatic carbocycles. The van der Waals surface area contributed by atoms with Gasteiger partial charge in [0.05, 0.1) is 0 Å². The molecule has 1 aromatic rings. The Balaban J connectivity index is 2.36. The monoisotopic (exact) mass is 260 g/mol. The number of hydrazine groups is 1. The third-order valence-electron chi connectivity index (χ3n) is 5.15. The summed E-state index contributed by atoms with van der Waals surface area (Å²) < 4.78 is 0. The molecule has 2 rings (SSSR count). The molecule has 0 radical (unpaired) electrons. The minimum Gasteiger partial charge on any atom is -0.271 e. The molecular weight excluding hydrogens is 232 g/mol. The Hall–Kier alpha value is -0.860. The molecule has 1 saturated carbocycles. The van der Waals surface area contributed by atoms with Gasteiger partial charge in [-0.25, -0.2) is 0 Å². The van der Waals surface area contributed by atoms with Crippen LogP contribution in [-0.4, -0.2) is 0 Å². The normalized spacial score (nSPS) is 24.2. The molecule has 19 heavy (non-hydrogen) atoms. The van der Waals surface area contributed by atoms with E-state index in [0.717, 1.165) is 0 Å². The first-order valence-corrected chi connectivity index (χ1v) is 7.49. The van der Waals surface area contributed by atoms with E-state index < -0.39 is 0 Å². The average molecular weight is 260 g/mol. The second-order valence-electron chi connectivity index (χ2n) is 6.77. The van der Waals surface area contributed by atoms with Crippen molar-refractivity contribution < 1.29 is 0 Å². The fraction of sp³-hybridized carbons (Fsp3) is 0.647. The number of nitrogens with two attached hydrogens (primary N) is 1. The Morgan fingerprint density at radius 3 is 2.63 bits per heavy atom. The van der Waals surface area contributed by atoms with Gasteiger partial charge in [0, 0.05) is 6.04 Å². The zero-order valence-electron chi connectivity index (χ0n) is 12.8. The van der Waals surface area contributed by atoms with Gasteiger partial charge in [-0.05, 0) is 54.7 Å². The molecule has 2 unspecified atom stereocenters. The lowest BCUT2D eigenvalue weighted by Gasteiger charge is -2.43. The van der Waals surface area contributed by atoms with Crippen molar-refractivity contribution in [2.75, 3.05) is 0 Å². The molecule has 3 N–H and O–H groups in total. The van der Waals surface area contributed by atoms with Gasteiger partial charge in [0.2, 0.25) is 0 Å². The molecule has 0 amide bonds. The fourth-order valence-corrected chi connectivity index (χ4v) is 3.67. The predicted octanol–water partition coefficient (Wildman–Crippen LogP) is 4.02. The standard InChI is InChI=1S/C17H28N2/c1-12-8-7-9-14(13(12)2)16(19-18)15-10-5-6-11-17(15,3)4/h7-9,15-16,19H,5-6,10-11,18H2,1-4H3. The van der Waals surface area contributed by atoms with E-state index in [9.17, 15) is 0 Å². The lowest BCUT2D eigenvalue weighted by molar-refractivity contribution is 0.0980. The van der Waals surface area contributed by atoms with Crippen LogP contribution < -0.4 is 11.3 Å². The van der Waals surface area contributed by atoms with Gasteiger partial charge in [0.1, 0.15) is 0 Å². The summed E-state index contributed by atoms with van der Waals surface area (Å²) in [5.74, 6) is 6.54. The van der Waals surface area contributed by atoms with Crippen LogP contribution in [0.25, 0.3) is 0 Å². The summed E-state index contributed by atoms with van der Waals surface area (Å²) in [5.41, 5.74) is 7.59. The molecular formula is C17H28N2. The highest BCUT2D eigenvalue weighted by Gasteiger charge is 2.38. The third kappa shape index (κ3) is 2.85. The minimum atomic E-state index is 0.273. The maximum Gasteiger partial charge on any atom is 0.0495 e. The summed E-state index contributed by atoms with van der Waals surface area (Å²) in [5, 5.41) is 0. The first-order valence-electron chi connectivity index (χ1n) is 7.49. The first kappa shape index (κ1) is 14.5. The van der Waals surface area contributed by atoms with Crippen LogP contribution in [0.4, 0.5) is 0 Å². The predicted molar refractivity (Wildman–Crippen MR) is 81.7 cm³/mol. The van der Waals surface area contributed by atoms with Gasteiger partial charge in [-0.15, -0.1) is 0 Å². The Labute approximate surface area is 117 Å². The van der Waals surface area contributed by atoms with Gasteiger partial charge in [-0.1, -0.05) is 44.9 Å². The van der Waals surface area contributed by atoms with Crippen molar-refractivity contribution in [1.29, 1.82) is 0 Å². The first-order chi connectivity index (χ1) is 8.97. The summed E-state index contributed by atoms with van der Waals surface area (Å²) in [6, 6.07) is 6.84. The van der Waals surface area contributed by atoms with Crippen LogP contribution >= 0.6 is 0 Å². The highest BCUT2D eigenvalue weighted by molar-refractivity contribution is 5.36. The lowest BCUT2D eigenvalue weighted by Crippen LogP contribution is -2.42. The van der Waals surface area contributed by atoms with E-state index >= 15 is 0 Å². The summed E-state index contributed by atoms with van der Waals surface area (Å²) in [6.07, 6.45) is 5.26. The van der Waals surface area contributed by atoms with Gasteiger partial charge in [0.15, 0.2) is 0 Å². The van der Waals surface area contributed by atoms with Crippen molar-refractivity contribution in [2.45, 2.75) is 59.4 Å². The van der Waals surface area contributed by atoms with Crippen LogP contribution in [-0.2, 0) is 0 Å². The van der Waals surface area contributed by atoms with E-state index in [0.29, 0.717) is 11.3 Å². The molecule has 1 fully saturated rings. The topological polar surface area (TPSA) is 38.0 Å². The molecule has 0 bridgehead atoms. The lowest BCUT2D eigenvalue weighted by atomic mass is 9.64. The third-order valence-corrected chi connectivity index (χ3v) is 5.15. The van der Waals surface area contributed by atoms with Crippen molar-refractivity contribution in [2.24, 2.45) is 17.2 Å². The van der Waals surface area contributed by atoms with Crippen LogP contribution in [0.1, 0.15) is 62.3 Å². The number of hydrogen-bond acceptors (Lipinski definition) is 2. The summed E-state index contributed by atoms with van der Waals surface area (Å²) in [6.45, 7) is 9.18. The van der Waals surface area contributed by atoms with Crippen LogP contribution in [0.5, 0.6) is 0 Å². The van der Waals surface area contributed by atoms with Crippen LogP contribution in [0.2, 0.25) is 0 Å². The molecule has 0 saturated heterocycles. The van der Waals surface area contributed by atoms with E-state index in [-0.39, 0.29) is 6.04 Å². The molecule has 0 aliphatic heterocycles. The fourth-order valence-electron chi connectivity index (χ4n) is 3.67. The second-order valence-corrected chi connectivity index (χ2v) is 6.77. The SMILES string of the molecule is Cc1cccc(C(NN)C2CCCCC2(C)C)c1C. The molecule has 2 nitrogen and oxygen atoms in total. The summed E-state index contributed by atoms with van der Waals surface area (Å²) >= 11 is 0. The minimum absolute atomic E-state index is 0.273. The number of benzene rings is 1. The Morgan fingerprint density at radius 1 is 1.26 bits per heavy atom. The Bertz CT molecular complexity index is 437. The number of nitrogens with one attached hydrogen (secondary N) is 1. The van der Waals surface area contributed by atoms with Crippen molar-refractivity contribution in [3.8, 4) is 0 Å². The second kappa shape index (κ2) is 5.64. The van der Waals surface area contributed by atoms with Crippen molar-refractivity contribution in [1.82, 2.24) is 5.43 Å². The van der Waals surface area contributed by atoms with Crippen molar-refractivity contribution in [3.63, 3.8) is 0 Å². The highest BCUT2D eigenvalue weighted by atomic mass is 15.2. The molecule has 0 spiro atoms. The van der Waals surface area contributed by atoms with E-state index in [1.54, 1.807) is 0 Å². The molecule has 2 heteroatoms. The summed E-state index contributed by atoms with van der Waals surface area (Å²) in [7, 11) is 0. The molecule has 0 aromatic heterocycles. The maximum absolute atomic E-state index is 5.93. The summed E-state index contributed by atoms with van der Waals surface area (Å²) in [4.78, 5) is 0. The van der Waals surface area contributed by atoms with E-state index in [1.807, 2.05) is 0 Å². The zero-order chi connectivity index (χ0) is 14.0. The molecule has 2 atom stereocenters.